The number of carboxylic acid groups (broad SMARTS) is 1. The maximum Gasteiger partial charge on any atom is 0.311 e. The molecule has 2 rings (SSSR count). The number of rotatable bonds is 6. The van der Waals surface area contributed by atoms with Gasteiger partial charge in [0.1, 0.15) is 5.82 Å². The largest absolute Gasteiger partial charge is 0.481 e. The van der Waals surface area contributed by atoms with Crippen molar-refractivity contribution in [1.29, 1.82) is 0 Å². The second-order valence-corrected chi connectivity index (χ2v) is 6.81. The van der Waals surface area contributed by atoms with Gasteiger partial charge in [-0.2, -0.15) is 0 Å². The number of nitrogens with one attached hydrogen (secondary N) is 2. The van der Waals surface area contributed by atoms with E-state index in [0.717, 1.165) is 0 Å². The Morgan fingerprint density at radius 1 is 1.52 bits per heavy atom. The van der Waals surface area contributed by atoms with Crippen molar-refractivity contribution in [1.82, 2.24) is 14.7 Å². The normalized spacial score (nSPS) is 18.5. The second-order valence-electron chi connectivity index (χ2n) is 5.07. The molecular weight excluding hydrogens is 298 g/mol. The number of nitrogens with zero attached hydrogens (tertiary/aromatic N) is 1. The van der Waals surface area contributed by atoms with E-state index in [1.807, 2.05) is 6.92 Å². The average molecular weight is 317 g/mol. The molecule has 9 heteroatoms. The lowest BCUT2D eigenvalue weighted by Gasteiger charge is -2.32. The van der Waals surface area contributed by atoms with Crippen LogP contribution >= 0.6 is 0 Å². The number of aryl methyl sites for hydroxylation is 1. The molecule has 2 heterocycles. The third kappa shape index (κ3) is 3.42. The Kier molecular flexibility index (Phi) is 4.64. The summed E-state index contributed by atoms with van der Waals surface area (Å²) in [6, 6.07) is 0. The number of sulfonamides is 1. The van der Waals surface area contributed by atoms with E-state index >= 15 is 0 Å². The smallest absolute Gasteiger partial charge is 0.311 e. The molecule has 0 saturated carbocycles. The third-order valence-corrected chi connectivity index (χ3v) is 5.04. The fraction of sp³-hybridized carbons (Fsp3) is 0.667. The van der Waals surface area contributed by atoms with E-state index < -0.39 is 21.4 Å². The summed E-state index contributed by atoms with van der Waals surface area (Å²) in [4.78, 5) is 18.1. The van der Waals surface area contributed by atoms with Crippen LogP contribution in [0.5, 0.6) is 0 Å². The van der Waals surface area contributed by atoms with E-state index in [-0.39, 0.29) is 24.4 Å². The van der Waals surface area contributed by atoms with E-state index in [0.29, 0.717) is 25.5 Å². The molecule has 3 N–H and O–H groups in total. The van der Waals surface area contributed by atoms with E-state index in [9.17, 15) is 18.3 Å². The molecular formula is C12H19N3O5S. The first-order valence-corrected chi connectivity index (χ1v) is 8.23. The van der Waals surface area contributed by atoms with Gasteiger partial charge in [-0.05, 0) is 12.8 Å². The van der Waals surface area contributed by atoms with Crippen LogP contribution in [-0.2, 0) is 26.0 Å². The predicted octanol–water partition coefficient (Wildman–Crippen LogP) is 0.132. The summed E-state index contributed by atoms with van der Waals surface area (Å²) in [5.41, 5.74) is -1.11. The first-order chi connectivity index (χ1) is 9.89. The zero-order chi connectivity index (χ0) is 15.5. The minimum absolute atomic E-state index is 0.0491. The third-order valence-electron chi connectivity index (χ3n) is 3.73. The molecule has 0 unspecified atom stereocenters. The van der Waals surface area contributed by atoms with Gasteiger partial charge in [0.15, 0.2) is 5.03 Å². The highest BCUT2D eigenvalue weighted by Crippen LogP contribution is 2.30. The Morgan fingerprint density at radius 3 is 2.71 bits per heavy atom. The Morgan fingerprint density at radius 2 is 2.19 bits per heavy atom. The molecule has 1 fully saturated rings. The van der Waals surface area contributed by atoms with Crippen LogP contribution in [0.3, 0.4) is 0 Å². The monoisotopic (exact) mass is 317 g/mol. The molecule has 1 saturated heterocycles. The van der Waals surface area contributed by atoms with Crippen LogP contribution in [0.25, 0.3) is 0 Å². The van der Waals surface area contributed by atoms with Gasteiger partial charge in [-0.3, -0.25) is 4.79 Å². The van der Waals surface area contributed by atoms with Crippen LogP contribution in [0.15, 0.2) is 11.2 Å². The van der Waals surface area contributed by atoms with Crippen molar-refractivity contribution >= 4 is 16.0 Å². The van der Waals surface area contributed by atoms with Gasteiger partial charge in [-0.1, -0.05) is 6.92 Å². The molecule has 1 aromatic rings. The summed E-state index contributed by atoms with van der Waals surface area (Å²) in [5.74, 6) is -0.443. The van der Waals surface area contributed by atoms with Crippen LogP contribution in [-0.4, -0.2) is 49.2 Å². The van der Waals surface area contributed by atoms with Crippen LogP contribution in [0.2, 0.25) is 0 Å². The molecule has 0 spiro atoms. The lowest BCUT2D eigenvalue weighted by molar-refractivity contribution is -0.154. The fourth-order valence-electron chi connectivity index (χ4n) is 2.20. The van der Waals surface area contributed by atoms with Crippen molar-refractivity contribution in [3.05, 3.63) is 12.0 Å². The Labute approximate surface area is 123 Å². The maximum atomic E-state index is 12.2. The van der Waals surface area contributed by atoms with Crippen molar-refractivity contribution in [2.24, 2.45) is 5.41 Å². The molecule has 118 valence electrons. The van der Waals surface area contributed by atoms with Gasteiger partial charge in [-0.25, -0.2) is 18.1 Å². The lowest BCUT2D eigenvalue weighted by Crippen LogP contribution is -2.46. The zero-order valence-corrected chi connectivity index (χ0v) is 12.6. The van der Waals surface area contributed by atoms with Crippen molar-refractivity contribution in [2.75, 3.05) is 19.8 Å². The first-order valence-electron chi connectivity index (χ1n) is 6.74. The number of ether oxygens (including phenoxy) is 1. The predicted molar refractivity (Wildman–Crippen MR) is 73.3 cm³/mol. The molecule has 0 amide bonds. The van der Waals surface area contributed by atoms with Crippen LogP contribution in [0, 0.1) is 5.41 Å². The number of H-pyrrole nitrogens is 1. The number of hydrogen-bond acceptors (Lipinski definition) is 5. The summed E-state index contributed by atoms with van der Waals surface area (Å²) in [6.07, 6.45) is 2.40. The molecule has 0 radical (unpaired) electrons. The second kappa shape index (κ2) is 6.12. The highest BCUT2D eigenvalue weighted by molar-refractivity contribution is 7.89. The molecule has 0 aromatic carbocycles. The van der Waals surface area contributed by atoms with Gasteiger partial charge in [-0.15, -0.1) is 0 Å². The molecule has 21 heavy (non-hydrogen) atoms. The molecule has 0 aliphatic carbocycles. The van der Waals surface area contributed by atoms with Gasteiger partial charge in [0.2, 0.25) is 0 Å². The molecule has 0 atom stereocenters. The highest BCUT2D eigenvalue weighted by Gasteiger charge is 2.41. The number of carbonyl (C=O) groups is 1. The van der Waals surface area contributed by atoms with Gasteiger partial charge >= 0.3 is 5.97 Å². The number of imidazole rings is 1. The quantitative estimate of drug-likeness (QED) is 0.686. The summed E-state index contributed by atoms with van der Waals surface area (Å²) in [6.45, 7) is 2.33. The molecule has 8 nitrogen and oxygen atoms in total. The van der Waals surface area contributed by atoms with E-state index in [4.69, 9.17) is 4.74 Å². The van der Waals surface area contributed by atoms with E-state index in [1.54, 1.807) is 0 Å². The summed E-state index contributed by atoms with van der Waals surface area (Å²) >= 11 is 0. The minimum Gasteiger partial charge on any atom is -0.481 e. The average Bonchev–Trinajstić information content (AvgIpc) is 2.96. The van der Waals surface area contributed by atoms with E-state index in [2.05, 4.69) is 14.7 Å². The Balaban J connectivity index is 2.11. The van der Waals surface area contributed by atoms with Gasteiger partial charge in [0.25, 0.3) is 10.0 Å². The summed E-state index contributed by atoms with van der Waals surface area (Å²) in [5, 5.41) is 9.34. The number of hydrogen-bond donors (Lipinski definition) is 3. The Bertz CT molecular complexity index is 604. The zero-order valence-electron chi connectivity index (χ0n) is 11.8. The van der Waals surface area contributed by atoms with Gasteiger partial charge in [0, 0.05) is 26.2 Å². The van der Waals surface area contributed by atoms with Crippen LogP contribution in [0.1, 0.15) is 25.6 Å². The fourth-order valence-corrected chi connectivity index (χ4v) is 3.26. The maximum absolute atomic E-state index is 12.2. The Hall–Kier alpha value is -1.45. The van der Waals surface area contributed by atoms with Crippen LogP contribution in [0.4, 0.5) is 0 Å². The number of aromatic nitrogens is 2. The van der Waals surface area contributed by atoms with Crippen molar-refractivity contribution in [3.63, 3.8) is 0 Å². The minimum atomic E-state index is -3.79. The number of aliphatic carboxylic acids is 1. The van der Waals surface area contributed by atoms with Crippen molar-refractivity contribution < 1.29 is 23.1 Å². The SMILES string of the molecule is CCc1ncc(S(=O)(=O)NCC2(C(=O)O)CCOCC2)[nH]1. The van der Waals surface area contributed by atoms with Crippen LogP contribution < -0.4 is 4.72 Å². The molecule has 0 bridgehead atoms. The number of carboxylic acids is 1. The molecule has 1 aliphatic rings. The van der Waals surface area contributed by atoms with Crippen molar-refractivity contribution in [3.8, 4) is 0 Å². The van der Waals surface area contributed by atoms with E-state index in [1.165, 1.54) is 6.20 Å². The van der Waals surface area contributed by atoms with Gasteiger partial charge < -0.3 is 14.8 Å². The van der Waals surface area contributed by atoms with Gasteiger partial charge in [0.05, 0.1) is 11.6 Å². The topological polar surface area (TPSA) is 121 Å². The summed E-state index contributed by atoms with van der Waals surface area (Å²) in [7, 11) is -3.79. The molecule has 1 aliphatic heterocycles. The highest BCUT2D eigenvalue weighted by atomic mass is 32.2. The first kappa shape index (κ1) is 15.9. The molecule has 1 aromatic heterocycles. The lowest BCUT2D eigenvalue weighted by atomic mass is 9.80. The summed E-state index contributed by atoms with van der Waals surface area (Å²) < 4.78 is 31.8. The number of aromatic amines is 1. The standard InChI is InChI=1S/C12H19N3O5S/c1-2-9-13-7-10(15-9)21(18,19)14-8-12(11(16)17)3-5-20-6-4-12/h7,14H,2-6,8H2,1H3,(H,13,15)(H,16,17). The van der Waals surface area contributed by atoms with Crippen molar-refractivity contribution in [2.45, 2.75) is 31.2 Å².